The smallest absolute Gasteiger partial charge is 0.0517 e. The highest BCUT2D eigenvalue weighted by Gasteiger charge is 2.07. The summed E-state index contributed by atoms with van der Waals surface area (Å²) >= 11 is 0. The van der Waals surface area contributed by atoms with E-state index >= 15 is 0 Å². The molecule has 1 aliphatic carbocycles. The van der Waals surface area contributed by atoms with E-state index in [4.69, 9.17) is 5.11 Å². The number of rotatable bonds is 2. The van der Waals surface area contributed by atoms with Crippen LogP contribution in [0.1, 0.15) is 19.8 Å². The van der Waals surface area contributed by atoms with Crippen molar-refractivity contribution in [2.75, 3.05) is 0 Å². The second-order valence-corrected chi connectivity index (χ2v) is 2.89. The topological polar surface area (TPSA) is 20.2 Å². The molecule has 0 radical (unpaired) electrons. The summed E-state index contributed by atoms with van der Waals surface area (Å²) in [5.41, 5.74) is 0. The molecule has 0 aromatic heterocycles. The number of aliphatic hydroxyl groups is 1. The third kappa shape index (κ3) is 2.36. The van der Waals surface area contributed by atoms with Crippen molar-refractivity contribution >= 4 is 0 Å². The van der Waals surface area contributed by atoms with Gasteiger partial charge in [-0.05, 0) is 25.7 Å². The SMILES string of the molecule is C[C@@H](O)CC1C=CC=CC1. The highest BCUT2D eigenvalue weighted by atomic mass is 16.3. The Labute approximate surface area is 62.1 Å². The second-order valence-electron chi connectivity index (χ2n) is 2.89. The van der Waals surface area contributed by atoms with Crippen LogP contribution in [0.5, 0.6) is 0 Å². The lowest BCUT2D eigenvalue weighted by Crippen LogP contribution is -2.08. The summed E-state index contributed by atoms with van der Waals surface area (Å²) in [5, 5.41) is 9.05. The van der Waals surface area contributed by atoms with Gasteiger partial charge >= 0.3 is 0 Å². The molecule has 10 heavy (non-hydrogen) atoms. The Kier molecular flexibility index (Phi) is 2.69. The van der Waals surface area contributed by atoms with Crippen molar-refractivity contribution in [3.05, 3.63) is 24.3 Å². The van der Waals surface area contributed by atoms with Gasteiger partial charge in [-0.15, -0.1) is 0 Å². The van der Waals surface area contributed by atoms with Crippen molar-refractivity contribution in [2.45, 2.75) is 25.9 Å². The van der Waals surface area contributed by atoms with E-state index in [1.165, 1.54) is 0 Å². The molecule has 0 saturated heterocycles. The molecule has 0 amide bonds. The zero-order chi connectivity index (χ0) is 7.40. The normalized spacial score (nSPS) is 26.8. The van der Waals surface area contributed by atoms with Crippen molar-refractivity contribution in [1.29, 1.82) is 0 Å². The number of hydrogen-bond donors (Lipinski definition) is 1. The first-order valence-corrected chi connectivity index (χ1v) is 3.80. The van der Waals surface area contributed by atoms with Crippen LogP contribution in [0.3, 0.4) is 0 Å². The van der Waals surface area contributed by atoms with Crippen LogP contribution in [-0.2, 0) is 0 Å². The van der Waals surface area contributed by atoms with Gasteiger partial charge in [-0.3, -0.25) is 0 Å². The molecule has 0 bridgehead atoms. The zero-order valence-corrected chi connectivity index (χ0v) is 6.33. The van der Waals surface area contributed by atoms with Crippen LogP contribution in [0, 0.1) is 5.92 Å². The maximum Gasteiger partial charge on any atom is 0.0517 e. The standard InChI is InChI=1S/C9H14O/c1-8(10)7-9-5-3-2-4-6-9/h2-5,8-10H,6-7H2,1H3/t8-,9?/m1/s1. The first-order chi connectivity index (χ1) is 4.79. The van der Waals surface area contributed by atoms with Gasteiger partial charge in [0, 0.05) is 0 Å². The lowest BCUT2D eigenvalue weighted by atomic mass is 9.95. The molecule has 0 heterocycles. The van der Waals surface area contributed by atoms with Gasteiger partial charge in [0.25, 0.3) is 0 Å². The fourth-order valence-corrected chi connectivity index (χ4v) is 1.24. The molecule has 0 spiro atoms. The van der Waals surface area contributed by atoms with Crippen LogP contribution in [0.4, 0.5) is 0 Å². The summed E-state index contributed by atoms with van der Waals surface area (Å²) in [6, 6.07) is 0. The molecular formula is C9H14O. The number of hydrogen-bond acceptors (Lipinski definition) is 1. The Hall–Kier alpha value is -0.560. The Balaban J connectivity index is 2.30. The Bertz CT molecular complexity index is 145. The van der Waals surface area contributed by atoms with Crippen LogP contribution in [0.2, 0.25) is 0 Å². The minimum atomic E-state index is -0.166. The molecule has 0 fully saturated rings. The van der Waals surface area contributed by atoms with Gasteiger partial charge in [0.1, 0.15) is 0 Å². The molecule has 0 saturated carbocycles. The largest absolute Gasteiger partial charge is 0.393 e. The predicted molar refractivity (Wildman–Crippen MR) is 42.7 cm³/mol. The van der Waals surface area contributed by atoms with Gasteiger partial charge in [0.05, 0.1) is 6.10 Å². The van der Waals surface area contributed by atoms with Crippen LogP contribution in [0.25, 0.3) is 0 Å². The van der Waals surface area contributed by atoms with E-state index in [-0.39, 0.29) is 6.10 Å². The molecule has 1 heteroatoms. The van der Waals surface area contributed by atoms with E-state index in [1.807, 2.05) is 6.92 Å². The maximum atomic E-state index is 9.05. The van der Waals surface area contributed by atoms with Crippen molar-refractivity contribution in [3.63, 3.8) is 0 Å². The molecule has 56 valence electrons. The first kappa shape index (κ1) is 7.55. The molecule has 1 unspecified atom stereocenters. The lowest BCUT2D eigenvalue weighted by Gasteiger charge is -2.13. The van der Waals surface area contributed by atoms with E-state index < -0.39 is 0 Å². The van der Waals surface area contributed by atoms with Crippen LogP contribution >= 0.6 is 0 Å². The van der Waals surface area contributed by atoms with Gasteiger partial charge in [0.2, 0.25) is 0 Å². The van der Waals surface area contributed by atoms with E-state index in [2.05, 4.69) is 24.3 Å². The summed E-state index contributed by atoms with van der Waals surface area (Å²) < 4.78 is 0. The third-order valence-electron chi connectivity index (χ3n) is 1.71. The van der Waals surface area contributed by atoms with Gasteiger partial charge in [-0.25, -0.2) is 0 Å². The summed E-state index contributed by atoms with van der Waals surface area (Å²) in [5.74, 6) is 0.560. The van der Waals surface area contributed by atoms with Crippen LogP contribution < -0.4 is 0 Å². The molecule has 0 aromatic rings. The van der Waals surface area contributed by atoms with Crippen molar-refractivity contribution in [1.82, 2.24) is 0 Å². The van der Waals surface area contributed by atoms with Gasteiger partial charge in [-0.1, -0.05) is 24.3 Å². The molecule has 1 aliphatic rings. The minimum absolute atomic E-state index is 0.166. The summed E-state index contributed by atoms with van der Waals surface area (Å²) in [6.45, 7) is 1.84. The monoisotopic (exact) mass is 138 g/mol. The molecule has 2 atom stereocenters. The van der Waals surface area contributed by atoms with Gasteiger partial charge < -0.3 is 5.11 Å². The Morgan fingerprint density at radius 2 is 2.40 bits per heavy atom. The Morgan fingerprint density at radius 3 is 2.90 bits per heavy atom. The van der Waals surface area contributed by atoms with Crippen molar-refractivity contribution in [2.24, 2.45) is 5.92 Å². The average molecular weight is 138 g/mol. The fraction of sp³-hybridized carbons (Fsp3) is 0.556. The highest BCUT2D eigenvalue weighted by molar-refractivity contribution is 5.10. The summed E-state index contributed by atoms with van der Waals surface area (Å²) in [4.78, 5) is 0. The van der Waals surface area contributed by atoms with E-state index in [9.17, 15) is 0 Å². The molecule has 0 aromatic carbocycles. The Morgan fingerprint density at radius 1 is 1.60 bits per heavy atom. The van der Waals surface area contributed by atoms with Crippen molar-refractivity contribution < 1.29 is 5.11 Å². The predicted octanol–water partition coefficient (Wildman–Crippen LogP) is 1.89. The number of allylic oxidation sites excluding steroid dienone is 4. The molecule has 0 aliphatic heterocycles. The quantitative estimate of drug-likeness (QED) is 0.617. The van der Waals surface area contributed by atoms with Crippen molar-refractivity contribution in [3.8, 4) is 0 Å². The fourth-order valence-electron chi connectivity index (χ4n) is 1.24. The number of aliphatic hydroxyl groups excluding tert-OH is 1. The van der Waals surface area contributed by atoms with E-state index in [0.717, 1.165) is 12.8 Å². The summed E-state index contributed by atoms with van der Waals surface area (Å²) in [7, 11) is 0. The summed E-state index contributed by atoms with van der Waals surface area (Å²) in [6.07, 6.45) is 10.2. The molecule has 1 N–H and O–H groups in total. The molecule has 1 nitrogen and oxygen atoms in total. The average Bonchev–Trinajstić information content (AvgIpc) is 1.88. The lowest BCUT2D eigenvalue weighted by molar-refractivity contribution is 0.169. The minimum Gasteiger partial charge on any atom is -0.393 e. The zero-order valence-electron chi connectivity index (χ0n) is 6.33. The molecular weight excluding hydrogens is 124 g/mol. The van der Waals surface area contributed by atoms with Gasteiger partial charge in [0.15, 0.2) is 0 Å². The van der Waals surface area contributed by atoms with Crippen LogP contribution in [0.15, 0.2) is 24.3 Å². The maximum absolute atomic E-state index is 9.05. The highest BCUT2D eigenvalue weighted by Crippen LogP contribution is 2.16. The van der Waals surface area contributed by atoms with E-state index in [1.54, 1.807) is 0 Å². The van der Waals surface area contributed by atoms with E-state index in [0.29, 0.717) is 5.92 Å². The third-order valence-corrected chi connectivity index (χ3v) is 1.71. The van der Waals surface area contributed by atoms with Crippen LogP contribution in [-0.4, -0.2) is 11.2 Å². The second kappa shape index (κ2) is 3.57. The first-order valence-electron chi connectivity index (χ1n) is 3.80. The molecule has 1 rings (SSSR count). The van der Waals surface area contributed by atoms with Gasteiger partial charge in [-0.2, -0.15) is 0 Å².